The van der Waals surface area contributed by atoms with Crippen LogP contribution in [0.25, 0.3) is 11.4 Å². The Kier molecular flexibility index (Phi) is 6.84. The summed E-state index contributed by atoms with van der Waals surface area (Å²) in [5.41, 5.74) is 7.75. The zero-order valence-electron chi connectivity index (χ0n) is 22.5. The second-order valence-electron chi connectivity index (χ2n) is 10.9. The quantitative estimate of drug-likeness (QED) is 0.501. The predicted molar refractivity (Wildman–Crippen MR) is 148 cm³/mol. The first-order valence-corrected chi connectivity index (χ1v) is 13.8. The van der Waals surface area contributed by atoms with Crippen LogP contribution in [0.5, 0.6) is 0 Å². The van der Waals surface area contributed by atoms with Crippen LogP contribution in [-0.4, -0.2) is 62.9 Å². The highest BCUT2D eigenvalue weighted by Crippen LogP contribution is 2.40. The number of carbonyl (C=O) groups excluding carboxylic acids is 1. The minimum atomic E-state index is -0.194. The van der Waals surface area contributed by atoms with Gasteiger partial charge < -0.3 is 10.1 Å². The van der Waals surface area contributed by atoms with Crippen LogP contribution in [0, 0.1) is 20.8 Å². The molecule has 1 amide bonds. The molecule has 1 aliphatic heterocycles. The van der Waals surface area contributed by atoms with Crippen LogP contribution in [0.1, 0.15) is 76.5 Å². The molecule has 3 aliphatic rings. The van der Waals surface area contributed by atoms with Gasteiger partial charge in [-0.05, 0) is 87.1 Å². The maximum absolute atomic E-state index is 13.2. The van der Waals surface area contributed by atoms with Gasteiger partial charge >= 0.3 is 0 Å². The average molecular weight is 513 g/mol. The van der Waals surface area contributed by atoms with E-state index < -0.39 is 0 Å². The molecule has 2 fully saturated rings. The van der Waals surface area contributed by atoms with Crippen LogP contribution >= 0.6 is 0 Å². The third-order valence-electron chi connectivity index (χ3n) is 8.16. The molecular formula is C30H36N6O2. The number of aromatic nitrogens is 4. The fourth-order valence-corrected chi connectivity index (χ4v) is 5.78. The fraction of sp³-hybridized carbons (Fsp3) is 0.467. The molecule has 0 bridgehead atoms. The normalized spacial score (nSPS) is 20.3. The van der Waals surface area contributed by atoms with Gasteiger partial charge in [-0.3, -0.25) is 14.7 Å². The lowest BCUT2D eigenvalue weighted by Crippen LogP contribution is -2.43. The van der Waals surface area contributed by atoms with Gasteiger partial charge in [0.2, 0.25) is 0 Å². The van der Waals surface area contributed by atoms with Gasteiger partial charge in [0.25, 0.3) is 5.91 Å². The third kappa shape index (κ3) is 5.02. The van der Waals surface area contributed by atoms with E-state index in [-0.39, 0.29) is 5.91 Å². The second-order valence-corrected chi connectivity index (χ2v) is 10.9. The molecule has 1 saturated heterocycles. The van der Waals surface area contributed by atoms with Crippen LogP contribution in [0.3, 0.4) is 0 Å². The first kappa shape index (κ1) is 24.9. The van der Waals surface area contributed by atoms with Crippen molar-refractivity contribution in [2.24, 2.45) is 0 Å². The van der Waals surface area contributed by atoms with E-state index in [4.69, 9.17) is 9.72 Å². The predicted octanol–water partition coefficient (Wildman–Crippen LogP) is 4.99. The summed E-state index contributed by atoms with van der Waals surface area (Å²) in [6.45, 7) is 9.76. The Bertz CT molecular complexity index is 1380. The number of amides is 1. The highest BCUT2D eigenvalue weighted by molar-refractivity contribution is 6.05. The largest absolute Gasteiger partial charge is 0.379 e. The standard InChI is InChI=1S/C30H36N6O2/c1-19-15-25(17-31-28(19)23-6-8-26(9-7-23)35-10-12-38-13-11-35)34-30(37)27-18-33-36(21(27)3)29-20(2)14-24(16-32-29)22-4-5-22/h6,14-18,22,26H,4-5,7-13H2,1-3H3,(H,34,37). The number of anilines is 1. The number of ether oxygens (including phenoxy) is 1. The van der Waals surface area contributed by atoms with Crippen LogP contribution in [0.4, 0.5) is 5.69 Å². The molecule has 4 heterocycles. The molecule has 2 aliphatic carbocycles. The highest BCUT2D eigenvalue weighted by Gasteiger charge is 2.26. The van der Waals surface area contributed by atoms with Crippen molar-refractivity contribution in [1.82, 2.24) is 24.6 Å². The van der Waals surface area contributed by atoms with Crippen molar-refractivity contribution in [2.75, 3.05) is 31.6 Å². The lowest BCUT2D eigenvalue weighted by molar-refractivity contribution is 0.0150. The summed E-state index contributed by atoms with van der Waals surface area (Å²) in [5, 5.41) is 7.51. The lowest BCUT2D eigenvalue weighted by Gasteiger charge is -2.36. The zero-order chi connectivity index (χ0) is 26.2. The highest BCUT2D eigenvalue weighted by atomic mass is 16.5. The van der Waals surface area contributed by atoms with Crippen LogP contribution in [-0.2, 0) is 4.74 Å². The van der Waals surface area contributed by atoms with Crippen molar-refractivity contribution in [3.05, 3.63) is 70.4 Å². The summed E-state index contributed by atoms with van der Waals surface area (Å²) in [6.07, 6.45) is 13.4. The van der Waals surface area contributed by atoms with E-state index in [1.807, 2.05) is 19.2 Å². The van der Waals surface area contributed by atoms with Crippen molar-refractivity contribution in [3.8, 4) is 5.82 Å². The van der Waals surface area contributed by atoms with Crippen molar-refractivity contribution in [1.29, 1.82) is 0 Å². The van der Waals surface area contributed by atoms with E-state index in [9.17, 15) is 4.79 Å². The Balaban J connectivity index is 1.13. The van der Waals surface area contributed by atoms with Gasteiger partial charge in [-0.1, -0.05) is 12.1 Å². The Hall–Kier alpha value is -3.36. The summed E-state index contributed by atoms with van der Waals surface area (Å²) in [4.78, 5) is 25.1. The van der Waals surface area contributed by atoms with E-state index in [2.05, 4.69) is 46.3 Å². The molecule has 8 nitrogen and oxygen atoms in total. The van der Waals surface area contributed by atoms with Crippen molar-refractivity contribution in [3.63, 3.8) is 0 Å². The van der Waals surface area contributed by atoms with E-state index in [1.165, 1.54) is 24.0 Å². The minimum Gasteiger partial charge on any atom is -0.379 e. The second kappa shape index (κ2) is 10.4. The molecule has 3 aromatic rings. The van der Waals surface area contributed by atoms with E-state index in [1.54, 1.807) is 17.1 Å². The monoisotopic (exact) mass is 512 g/mol. The molecule has 38 heavy (non-hydrogen) atoms. The molecule has 0 radical (unpaired) electrons. The number of hydrogen-bond donors (Lipinski definition) is 1. The Labute approximate surface area is 224 Å². The maximum atomic E-state index is 13.2. The zero-order valence-corrected chi connectivity index (χ0v) is 22.5. The van der Waals surface area contributed by atoms with Gasteiger partial charge in [0.1, 0.15) is 0 Å². The Morgan fingerprint density at radius 1 is 1.00 bits per heavy atom. The van der Waals surface area contributed by atoms with Crippen LogP contribution in [0.15, 0.2) is 36.8 Å². The molecule has 198 valence electrons. The number of hydrogen-bond acceptors (Lipinski definition) is 6. The van der Waals surface area contributed by atoms with Crippen molar-refractivity contribution >= 4 is 17.2 Å². The molecule has 0 aromatic carbocycles. The van der Waals surface area contributed by atoms with Gasteiger partial charge in [-0.2, -0.15) is 5.10 Å². The number of allylic oxidation sites excluding steroid dienone is 1. The Morgan fingerprint density at radius 3 is 2.50 bits per heavy atom. The van der Waals surface area contributed by atoms with Gasteiger partial charge in [0, 0.05) is 25.3 Å². The van der Waals surface area contributed by atoms with Crippen molar-refractivity contribution < 1.29 is 9.53 Å². The van der Waals surface area contributed by atoms with Gasteiger partial charge in [0.05, 0.1) is 48.2 Å². The SMILES string of the molecule is Cc1cc(NC(=O)c2cnn(-c3ncc(C4CC4)cc3C)c2C)cnc1C1=CCC(N2CCOCC2)CC1. The topological polar surface area (TPSA) is 85.2 Å². The third-order valence-corrected chi connectivity index (χ3v) is 8.16. The van der Waals surface area contributed by atoms with Gasteiger partial charge in [-0.25, -0.2) is 9.67 Å². The first-order chi connectivity index (χ1) is 18.5. The summed E-state index contributed by atoms with van der Waals surface area (Å²) < 4.78 is 7.26. The number of aryl methyl sites for hydroxylation is 2. The van der Waals surface area contributed by atoms with Gasteiger partial charge in [-0.15, -0.1) is 0 Å². The molecule has 3 aromatic heterocycles. The molecule has 1 saturated carbocycles. The molecule has 1 unspecified atom stereocenters. The Morgan fingerprint density at radius 2 is 1.82 bits per heavy atom. The number of morpholine rings is 1. The number of carbonyl (C=O) groups is 1. The molecule has 1 N–H and O–H groups in total. The summed E-state index contributed by atoms with van der Waals surface area (Å²) in [6, 6.07) is 4.80. The summed E-state index contributed by atoms with van der Waals surface area (Å²) >= 11 is 0. The lowest BCUT2D eigenvalue weighted by atomic mass is 9.90. The maximum Gasteiger partial charge on any atom is 0.259 e. The molecule has 0 spiro atoms. The fourth-order valence-electron chi connectivity index (χ4n) is 5.78. The van der Waals surface area contributed by atoms with Crippen molar-refractivity contribution in [2.45, 2.75) is 64.8 Å². The summed E-state index contributed by atoms with van der Waals surface area (Å²) in [5.74, 6) is 1.23. The average Bonchev–Trinajstić information content (AvgIpc) is 3.71. The van der Waals surface area contributed by atoms with Gasteiger partial charge in [0.15, 0.2) is 5.82 Å². The number of pyridine rings is 2. The molecular weight excluding hydrogens is 476 g/mol. The van der Waals surface area contributed by atoms with E-state index in [0.29, 0.717) is 23.2 Å². The van der Waals surface area contributed by atoms with Crippen LogP contribution in [0.2, 0.25) is 0 Å². The van der Waals surface area contributed by atoms with E-state index >= 15 is 0 Å². The number of nitrogens with zero attached hydrogens (tertiary/aromatic N) is 5. The van der Waals surface area contributed by atoms with E-state index in [0.717, 1.165) is 73.9 Å². The summed E-state index contributed by atoms with van der Waals surface area (Å²) in [7, 11) is 0. The minimum absolute atomic E-state index is 0.194. The number of nitrogens with one attached hydrogen (secondary N) is 1. The molecule has 1 atom stereocenters. The first-order valence-electron chi connectivity index (χ1n) is 13.8. The number of rotatable bonds is 6. The smallest absolute Gasteiger partial charge is 0.259 e. The van der Waals surface area contributed by atoms with Crippen LogP contribution < -0.4 is 5.32 Å². The molecule has 8 heteroatoms. The molecule has 6 rings (SSSR count).